The molecule has 1 heterocycles. The van der Waals surface area contributed by atoms with Gasteiger partial charge in [-0.25, -0.2) is 4.79 Å². The van der Waals surface area contributed by atoms with Crippen LogP contribution < -0.4 is 0 Å². The molecule has 0 aliphatic carbocycles. The van der Waals surface area contributed by atoms with E-state index >= 15 is 0 Å². The molecule has 0 aromatic heterocycles. The van der Waals surface area contributed by atoms with E-state index in [-0.39, 0.29) is 6.04 Å². The highest BCUT2D eigenvalue weighted by atomic mass is 16.6. The summed E-state index contributed by atoms with van der Waals surface area (Å²) in [6.45, 7) is 2.27. The van der Waals surface area contributed by atoms with Crippen LogP contribution in [-0.4, -0.2) is 23.6 Å². The van der Waals surface area contributed by atoms with Crippen molar-refractivity contribution in [1.82, 2.24) is 4.90 Å². The third-order valence-corrected chi connectivity index (χ3v) is 2.73. The SMILES string of the molecule is CC(c1ccccc1)N1CC(C#N)OC1=O. The molecule has 1 aliphatic rings. The minimum absolute atomic E-state index is 0.0629. The van der Waals surface area contributed by atoms with Gasteiger partial charge in [-0.2, -0.15) is 5.26 Å². The summed E-state index contributed by atoms with van der Waals surface area (Å²) in [6.07, 6.45) is -1.05. The van der Waals surface area contributed by atoms with Crippen molar-refractivity contribution in [2.45, 2.75) is 19.1 Å². The largest absolute Gasteiger partial charge is 0.429 e. The van der Waals surface area contributed by atoms with Gasteiger partial charge in [-0.05, 0) is 12.5 Å². The topological polar surface area (TPSA) is 53.3 Å². The van der Waals surface area contributed by atoms with E-state index < -0.39 is 12.2 Å². The number of rotatable bonds is 2. The lowest BCUT2D eigenvalue weighted by molar-refractivity contribution is 0.141. The van der Waals surface area contributed by atoms with Crippen LogP contribution in [0.1, 0.15) is 18.5 Å². The number of carbonyl (C=O) groups excluding carboxylic acids is 1. The zero-order chi connectivity index (χ0) is 11.5. The minimum Gasteiger partial charge on any atom is -0.429 e. The molecule has 0 radical (unpaired) electrons. The summed E-state index contributed by atoms with van der Waals surface area (Å²) in [5, 5.41) is 8.70. The Bertz CT molecular complexity index is 424. The molecule has 1 fully saturated rings. The van der Waals surface area contributed by atoms with Crippen molar-refractivity contribution in [3.05, 3.63) is 35.9 Å². The third-order valence-electron chi connectivity index (χ3n) is 2.73. The molecule has 2 atom stereocenters. The molecule has 2 unspecified atom stereocenters. The lowest BCUT2D eigenvalue weighted by Crippen LogP contribution is -2.28. The van der Waals surface area contributed by atoms with Crippen LogP contribution in [0.2, 0.25) is 0 Å². The molecule has 82 valence electrons. The number of carbonyl (C=O) groups is 1. The normalized spacial score (nSPS) is 21.4. The number of ether oxygens (including phenoxy) is 1. The maximum Gasteiger partial charge on any atom is 0.411 e. The first-order valence-electron chi connectivity index (χ1n) is 5.14. The second-order valence-electron chi connectivity index (χ2n) is 3.74. The van der Waals surface area contributed by atoms with E-state index in [2.05, 4.69) is 0 Å². The predicted octanol–water partition coefficient (Wildman–Crippen LogP) is 2.09. The van der Waals surface area contributed by atoms with Crippen molar-refractivity contribution < 1.29 is 9.53 Å². The molecule has 0 bridgehead atoms. The summed E-state index contributed by atoms with van der Waals surface area (Å²) < 4.78 is 4.89. The highest BCUT2D eigenvalue weighted by Gasteiger charge is 2.34. The molecule has 0 N–H and O–H groups in total. The van der Waals surface area contributed by atoms with Crippen LogP contribution in [0.25, 0.3) is 0 Å². The molecule has 1 aromatic rings. The number of hydrogen-bond donors (Lipinski definition) is 0. The third kappa shape index (κ3) is 1.84. The van der Waals surface area contributed by atoms with Crippen LogP contribution in [0.15, 0.2) is 30.3 Å². The number of nitrogens with zero attached hydrogens (tertiary/aromatic N) is 2. The highest BCUT2D eigenvalue weighted by molar-refractivity contribution is 5.71. The Morgan fingerprint density at radius 3 is 2.75 bits per heavy atom. The Labute approximate surface area is 94.0 Å². The van der Waals surface area contributed by atoms with E-state index in [1.54, 1.807) is 4.90 Å². The predicted molar refractivity (Wildman–Crippen MR) is 57.4 cm³/mol. The molecule has 0 spiro atoms. The summed E-state index contributed by atoms with van der Waals surface area (Å²) in [5.74, 6) is 0. The number of cyclic esters (lactones) is 1. The smallest absolute Gasteiger partial charge is 0.411 e. The van der Waals surface area contributed by atoms with Gasteiger partial charge in [0.05, 0.1) is 12.6 Å². The molecule has 4 nitrogen and oxygen atoms in total. The Balaban J connectivity index is 2.15. The van der Waals surface area contributed by atoms with Crippen LogP contribution in [0.5, 0.6) is 0 Å². The molecule has 1 saturated heterocycles. The summed E-state index contributed by atoms with van der Waals surface area (Å²) in [6, 6.07) is 11.6. The maximum absolute atomic E-state index is 11.5. The van der Waals surface area contributed by atoms with Gasteiger partial charge in [0.15, 0.2) is 0 Å². The van der Waals surface area contributed by atoms with E-state index in [0.29, 0.717) is 6.54 Å². The number of amides is 1. The number of hydrogen-bond acceptors (Lipinski definition) is 3. The monoisotopic (exact) mass is 216 g/mol. The standard InChI is InChI=1S/C12H12N2O2/c1-9(10-5-3-2-4-6-10)14-8-11(7-13)16-12(14)15/h2-6,9,11H,8H2,1H3. The van der Waals surface area contributed by atoms with E-state index in [1.807, 2.05) is 43.3 Å². The average molecular weight is 216 g/mol. The van der Waals surface area contributed by atoms with E-state index in [0.717, 1.165) is 5.56 Å². The van der Waals surface area contributed by atoms with Crippen molar-refractivity contribution in [1.29, 1.82) is 5.26 Å². The molecule has 1 aromatic carbocycles. The van der Waals surface area contributed by atoms with Crippen LogP contribution in [-0.2, 0) is 4.74 Å². The molecular formula is C12H12N2O2. The fourth-order valence-corrected chi connectivity index (χ4v) is 1.77. The van der Waals surface area contributed by atoms with E-state index in [9.17, 15) is 4.79 Å². The second kappa shape index (κ2) is 4.23. The average Bonchev–Trinajstić information content (AvgIpc) is 2.71. The zero-order valence-corrected chi connectivity index (χ0v) is 8.96. The molecule has 16 heavy (non-hydrogen) atoms. The van der Waals surface area contributed by atoms with Gasteiger partial charge in [-0.15, -0.1) is 0 Å². The van der Waals surface area contributed by atoms with E-state index in [1.165, 1.54) is 0 Å². The Morgan fingerprint density at radius 2 is 2.19 bits per heavy atom. The van der Waals surface area contributed by atoms with Crippen molar-refractivity contribution in [2.24, 2.45) is 0 Å². The van der Waals surface area contributed by atoms with E-state index in [4.69, 9.17) is 10.00 Å². The highest BCUT2D eigenvalue weighted by Crippen LogP contribution is 2.25. The first-order chi connectivity index (χ1) is 7.72. The molecule has 0 saturated carbocycles. The van der Waals surface area contributed by atoms with Gasteiger partial charge in [0.2, 0.25) is 6.10 Å². The van der Waals surface area contributed by atoms with Crippen molar-refractivity contribution in [2.75, 3.05) is 6.54 Å². The fourth-order valence-electron chi connectivity index (χ4n) is 1.77. The Hall–Kier alpha value is -2.02. The molecule has 4 heteroatoms. The summed E-state index contributed by atoms with van der Waals surface area (Å²) in [4.78, 5) is 13.1. The quantitative estimate of drug-likeness (QED) is 0.760. The van der Waals surface area contributed by atoms with Crippen molar-refractivity contribution >= 4 is 6.09 Å². The Morgan fingerprint density at radius 1 is 1.50 bits per heavy atom. The van der Waals surface area contributed by atoms with Gasteiger partial charge in [0, 0.05) is 0 Å². The first kappa shape index (κ1) is 10.5. The van der Waals surface area contributed by atoms with Gasteiger partial charge in [0.1, 0.15) is 6.07 Å². The van der Waals surface area contributed by atoms with Gasteiger partial charge in [-0.1, -0.05) is 30.3 Å². The molecular weight excluding hydrogens is 204 g/mol. The van der Waals surface area contributed by atoms with Gasteiger partial charge < -0.3 is 4.74 Å². The lowest BCUT2D eigenvalue weighted by Gasteiger charge is -2.21. The summed E-state index contributed by atoms with van der Waals surface area (Å²) in [5.41, 5.74) is 1.04. The van der Waals surface area contributed by atoms with Crippen LogP contribution in [0, 0.1) is 11.3 Å². The van der Waals surface area contributed by atoms with Crippen LogP contribution in [0.4, 0.5) is 4.79 Å². The molecule has 2 rings (SSSR count). The van der Waals surface area contributed by atoms with Crippen LogP contribution in [0.3, 0.4) is 0 Å². The minimum atomic E-state index is -0.640. The Kier molecular flexibility index (Phi) is 2.78. The lowest BCUT2D eigenvalue weighted by atomic mass is 10.1. The number of benzene rings is 1. The van der Waals surface area contributed by atoms with Gasteiger partial charge in [0.25, 0.3) is 0 Å². The summed E-state index contributed by atoms with van der Waals surface area (Å²) in [7, 11) is 0. The molecule has 1 amide bonds. The fraction of sp³-hybridized carbons (Fsp3) is 0.333. The number of nitriles is 1. The van der Waals surface area contributed by atoms with Gasteiger partial charge in [-0.3, -0.25) is 4.90 Å². The van der Waals surface area contributed by atoms with Crippen molar-refractivity contribution in [3.63, 3.8) is 0 Å². The molecule has 1 aliphatic heterocycles. The van der Waals surface area contributed by atoms with Crippen molar-refractivity contribution in [3.8, 4) is 6.07 Å². The van der Waals surface area contributed by atoms with Gasteiger partial charge >= 0.3 is 6.09 Å². The first-order valence-corrected chi connectivity index (χ1v) is 5.14. The second-order valence-corrected chi connectivity index (χ2v) is 3.74. The summed E-state index contributed by atoms with van der Waals surface area (Å²) >= 11 is 0. The van der Waals surface area contributed by atoms with Crippen LogP contribution >= 0.6 is 0 Å². The zero-order valence-electron chi connectivity index (χ0n) is 8.96. The maximum atomic E-state index is 11.5.